The first-order valence-corrected chi connectivity index (χ1v) is 11.4. The maximum absolute atomic E-state index is 12.4. The first kappa shape index (κ1) is 33.3. The van der Waals surface area contributed by atoms with Gasteiger partial charge in [0.2, 0.25) is 10.8 Å². The number of carbonyl (C=O) groups is 2. The average Bonchev–Trinajstić information content (AvgIpc) is 2.80. The summed E-state index contributed by atoms with van der Waals surface area (Å²) in [5, 5.41) is 84.6. The van der Waals surface area contributed by atoms with E-state index in [2.05, 4.69) is 15.3 Å². The molecule has 2 fully saturated rings. The summed E-state index contributed by atoms with van der Waals surface area (Å²) in [5.74, 6) is -2.26. The van der Waals surface area contributed by atoms with Gasteiger partial charge < -0.3 is 55.6 Å². The molecule has 0 aromatic carbocycles. The Balaban J connectivity index is 0.00000648. The van der Waals surface area contributed by atoms with E-state index in [4.69, 9.17) is 15.0 Å². The average molecular weight is 550 g/mol. The molecule has 0 saturated carbocycles. The van der Waals surface area contributed by atoms with Crippen molar-refractivity contribution in [2.24, 2.45) is 5.11 Å². The van der Waals surface area contributed by atoms with Gasteiger partial charge in [-0.15, -0.1) is 11.8 Å². The van der Waals surface area contributed by atoms with Gasteiger partial charge in [0, 0.05) is 53.1 Å². The maximum atomic E-state index is 12.4. The van der Waals surface area contributed by atoms with Gasteiger partial charge in [-0.3, -0.25) is 4.79 Å². The summed E-state index contributed by atoms with van der Waals surface area (Å²) < 4.78 is 10.9. The molecule has 2 aliphatic rings. The van der Waals surface area contributed by atoms with Crippen LogP contribution in [-0.4, -0.2) is 160 Å². The zero-order chi connectivity index (χ0) is 26.7. The van der Waals surface area contributed by atoms with Crippen LogP contribution in [0.1, 0.15) is 20.3 Å². The molecular formula is C18H30N4NaO12S. The Morgan fingerprint density at radius 3 is 2.31 bits per heavy atom. The molecule has 0 aliphatic carbocycles. The second-order valence-electron chi connectivity index (χ2n) is 8.37. The molecule has 0 aromatic rings. The molecule has 9 N–H and O–H groups in total. The number of ether oxygens (including phenoxy) is 2. The van der Waals surface area contributed by atoms with E-state index in [1.165, 1.54) is 6.92 Å². The summed E-state index contributed by atoms with van der Waals surface area (Å²) in [6, 6.07) is -2.60. The third-order valence-electron chi connectivity index (χ3n) is 5.85. The first-order chi connectivity index (χ1) is 16.3. The minimum atomic E-state index is -2.32. The van der Waals surface area contributed by atoms with Gasteiger partial charge in [0.1, 0.15) is 42.7 Å². The molecule has 2 heterocycles. The van der Waals surface area contributed by atoms with Crippen LogP contribution in [0.5, 0.6) is 0 Å². The number of aliphatic hydroxyl groups excluding tert-OH is 7. The van der Waals surface area contributed by atoms with Crippen LogP contribution in [0, 0.1) is 0 Å². The van der Waals surface area contributed by atoms with Crippen LogP contribution >= 0.6 is 11.8 Å². The Morgan fingerprint density at radius 1 is 1.19 bits per heavy atom. The van der Waals surface area contributed by atoms with E-state index in [0.29, 0.717) is 11.8 Å². The van der Waals surface area contributed by atoms with Crippen molar-refractivity contribution < 1.29 is 59.9 Å². The minimum Gasteiger partial charge on any atom is -0.478 e. The van der Waals surface area contributed by atoms with Gasteiger partial charge in [0.15, 0.2) is 6.29 Å². The van der Waals surface area contributed by atoms with Crippen LogP contribution in [0.2, 0.25) is 0 Å². The van der Waals surface area contributed by atoms with Crippen molar-refractivity contribution in [3.8, 4) is 0 Å². The molecule has 18 heteroatoms. The third kappa shape index (κ3) is 7.21. The summed E-state index contributed by atoms with van der Waals surface area (Å²) in [6.07, 6.45) is -14.6. The molecule has 1 radical (unpaired) electrons. The molecule has 12 atom stereocenters. The predicted molar refractivity (Wildman–Crippen MR) is 121 cm³/mol. The predicted octanol–water partition coefficient (Wildman–Crippen LogP) is -4.01. The number of thioether (sulfide) groups is 1. The summed E-state index contributed by atoms with van der Waals surface area (Å²) in [4.78, 5) is 24.5. The van der Waals surface area contributed by atoms with Crippen LogP contribution in [0.25, 0.3) is 10.4 Å². The largest absolute Gasteiger partial charge is 0.478 e. The van der Waals surface area contributed by atoms with E-state index in [0.717, 1.165) is 6.92 Å². The normalized spacial score (nSPS) is 39.0. The Hall–Kier alpha value is -0.760. The van der Waals surface area contributed by atoms with Gasteiger partial charge in [0.05, 0.1) is 18.7 Å². The van der Waals surface area contributed by atoms with E-state index >= 15 is 0 Å². The third-order valence-corrected chi connectivity index (χ3v) is 7.31. The van der Waals surface area contributed by atoms with Crippen molar-refractivity contribution in [3.05, 3.63) is 10.4 Å². The zero-order valence-electron chi connectivity index (χ0n) is 19.7. The number of carbonyl (C=O) groups excluding carboxylic acids is 1. The zero-order valence-corrected chi connectivity index (χ0v) is 22.5. The molecule has 0 bridgehead atoms. The Labute approximate surface area is 231 Å². The van der Waals surface area contributed by atoms with Crippen LogP contribution in [-0.2, 0) is 19.1 Å². The summed E-state index contributed by atoms with van der Waals surface area (Å²) in [5.41, 5.74) is 9.03. The molecule has 16 nitrogen and oxygen atoms in total. The van der Waals surface area contributed by atoms with Gasteiger partial charge in [-0.2, -0.15) is 0 Å². The van der Waals surface area contributed by atoms with Gasteiger partial charge in [-0.05, 0) is 5.53 Å². The molecule has 1 amide bonds. The van der Waals surface area contributed by atoms with Crippen LogP contribution in [0.15, 0.2) is 5.11 Å². The van der Waals surface area contributed by atoms with Gasteiger partial charge in [0.25, 0.3) is 0 Å². The van der Waals surface area contributed by atoms with E-state index in [9.17, 15) is 50.4 Å². The summed E-state index contributed by atoms with van der Waals surface area (Å²) in [6.45, 7) is 1.55. The molecule has 0 aromatic heterocycles. The van der Waals surface area contributed by atoms with Crippen molar-refractivity contribution in [2.75, 3.05) is 6.61 Å². The molecule has 2 rings (SSSR count). The van der Waals surface area contributed by atoms with E-state index in [-0.39, 0.29) is 29.6 Å². The van der Waals surface area contributed by atoms with Crippen LogP contribution < -0.4 is 5.32 Å². The summed E-state index contributed by atoms with van der Waals surface area (Å²) in [7, 11) is 0. The SMILES string of the molecule is CC(=O)N[C@H]1[C@H]([C@H](O)[C@H](O)CO)O[C@@](SC(C)[C@H]2O[C@@H](O)[C@H](O)[C@@H](O)[C@H]2O)(C(=O)O)C[C@@H]1N=[N+]=[N-].[Na]. The van der Waals surface area contributed by atoms with E-state index in [1.807, 2.05) is 0 Å². The standard InChI is InChI=1S/C18H30N4O12S.Na/c1-5(14-12(28)11(27)13(29)16(30)33-14)35-18(17(31)32)3-7(21-22-19)9(20-6(2)24)15(34-18)10(26)8(25)4-23;/h5,7-16,23,25-30H,3-4H2,1-2H3,(H,20,24)(H,31,32);/t5?,7-,8+,9+,10+,11-,12+,13+,14+,15+,16+,18-;/m0./s1. The number of rotatable bonds is 9. The number of nitrogens with one attached hydrogen (secondary N) is 1. The van der Waals surface area contributed by atoms with Crippen molar-refractivity contribution in [3.63, 3.8) is 0 Å². The fourth-order valence-corrected chi connectivity index (χ4v) is 5.56. The number of carboxylic acid groups (broad SMARTS) is 1. The Kier molecular flexibility index (Phi) is 12.8. The van der Waals surface area contributed by atoms with Crippen LogP contribution in [0.3, 0.4) is 0 Å². The van der Waals surface area contributed by atoms with Gasteiger partial charge in [-0.25, -0.2) is 4.79 Å². The topological polar surface area (TPSA) is 275 Å². The number of hydrogen-bond donors (Lipinski definition) is 9. The first-order valence-electron chi connectivity index (χ1n) is 10.5. The Bertz CT molecular complexity index is 825. The fourth-order valence-electron chi connectivity index (χ4n) is 4.07. The minimum absolute atomic E-state index is 0. The number of aliphatic hydroxyl groups is 7. The number of aliphatic carboxylic acids is 1. The summed E-state index contributed by atoms with van der Waals surface area (Å²) >= 11 is 0.521. The quantitative estimate of drug-likeness (QED) is 0.0574. The molecule has 2 aliphatic heterocycles. The van der Waals surface area contributed by atoms with E-state index < -0.39 is 96.2 Å². The van der Waals surface area contributed by atoms with E-state index in [1.54, 1.807) is 0 Å². The number of hydrogen-bond acceptors (Lipinski definition) is 13. The molecule has 1 unspecified atom stereocenters. The monoisotopic (exact) mass is 549 g/mol. The van der Waals surface area contributed by atoms with Crippen molar-refractivity contribution in [2.45, 2.75) is 91.6 Å². The smallest absolute Gasteiger partial charge is 0.346 e. The number of azide groups is 1. The molecule has 2 saturated heterocycles. The Morgan fingerprint density at radius 2 is 1.81 bits per heavy atom. The second kappa shape index (κ2) is 13.9. The van der Waals surface area contributed by atoms with Crippen LogP contribution in [0.4, 0.5) is 0 Å². The molecule has 201 valence electrons. The number of carboxylic acids is 1. The molecule has 0 spiro atoms. The van der Waals surface area contributed by atoms with Gasteiger partial charge >= 0.3 is 5.97 Å². The van der Waals surface area contributed by atoms with Gasteiger partial charge in [-0.1, -0.05) is 12.0 Å². The molecule has 36 heavy (non-hydrogen) atoms. The second-order valence-corrected chi connectivity index (χ2v) is 10.0. The van der Waals surface area contributed by atoms with Crippen molar-refractivity contribution in [1.29, 1.82) is 0 Å². The number of amides is 1. The fraction of sp³-hybridized carbons (Fsp3) is 0.889. The van der Waals surface area contributed by atoms with Crippen molar-refractivity contribution >= 4 is 53.2 Å². The molecular weight excluding hydrogens is 519 g/mol. The maximum Gasteiger partial charge on any atom is 0.346 e. The van der Waals surface area contributed by atoms with Crippen molar-refractivity contribution in [1.82, 2.24) is 5.32 Å². The number of nitrogens with zero attached hydrogens (tertiary/aromatic N) is 3.